The first-order chi connectivity index (χ1) is 12.0. The van der Waals surface area contributed by atoms with Crippen molar-refractivity contribution in [2.75, 3.05) is 19.6 Å². The number of esters is 1. The first kappa shape index (κ1) is 17.5. The van der Waals surface area contributed by atoms with Gasteiger partial charge in [-0.15, -0.1) is 0 Å². The van der Waals surface area contributed by atoms with Crippen molar-refractivity contribution in [2.45, 2.75) is 76.4 Å². The molecule has 3 fully saturated rings. The number of carbonyl (C=O) groups excluding carboxylic acids is 1. The Balaban J connectivity index is 1.51. The zero-order valence-corrected chi connectivity index (χ0v) is 15.4. The summed E-state index contributed by atoms with van der Waals surface area (Å²) in [5, 5.41) is 0. The predicted molar refractivity (Wildman–Crippen MR) is 92.9 cm³/mol. The van der Waals surface area contributed by atoms with E-state index in [1.54, 1.807) is 0 Å². The molecule has 0 radical (unpaired) electrons. The molecule has 3 saturated heterocycles. The third kappa shape index (κ3) is 3.50. The van der Waals surface area contributed by atoms with Crippen LogP contribution in [0.5, 0.6) is 0 Å². The molecule has 0 bridgehead atoms. The number of epoxide rings is 1. The monoisotopic (exact) mass is 351 g/mol. The predicted octanol–water partition coefficient (Wildman–Crippen LogP) is 3.26. The Bertz CT molecular complexity index is 565. The molecule has 6 atom stereocenters. The summed E-state index contributed by atoms with van der Waals surface area (Å²) < 4.78 is 25.6. The number of halogens is 1. The van der Waals surface area contributed by atoms with Gasteiger partial charge in [0, 0.05) is 19.0 Å². The Morgan fingerprint density at radius 3 is 3.04 bits per heavy atom. The zero-order valence-electron chi connectivity index (χ0n) is 15.4. The van der Waals surface area contributed by atoms with Crippen molar-refractivity contribution in [1.82, 2.24) is 4.90 Å². The van der Waals surface area contributed by atoms with Gasteiger partial charge in [-0.05, 0) is 58.9 Å². The molecule has 0 aromatic carbocycles. The van der Waals surface area contributed by atoms with Gasteiger partial charge < -0.3 is 9.47 Å². The molecule has 3 heterocycles. The van der Waals surface area contributed by atoms with Crippen LogP contribution in [0.15, 0.2) is 11.6 Å². The SMILES string of the molecule is CC1=CCC[C@@]2(C)O[C@H]2[C@H]2OC(=O)[C@@H](CN3CCCC(F)C3)[C@@H]2CC1. The smallest absolute Gasteiger partial charge is 0.311 e. The lowest BCUT2D eigenvalue weighted by molar-refractivity contribution is -0.145. The molecule has 4 rings (SSSR count). The van der Waals surface area contributed by atoms with Crippen molar-refractivity contribution in [3.8, 4) is 0 Å². The summed E-state index contributed by atoms with van der Waals surface area (Å²) in [5.74, 6) is -0.0635. The molecular formula is C20H30FNO3. The number of fused-ring (bicyclic) bond motifs is 3. The second-order valence-electron chi connectivity index (χ2n) is 8.65. The number of alkyl halides is 1. The van der Waals surface area contributed by atoms with E-state index in [-0.39, 0.29) is 35.6 Å². The summed E-state index contributed by atoms with van der Waals surface area (Å²) >= 11 is 0. The fourth-order valence-electron chi connectivity index (χ4n) is 4.99. The van der Waals surface area contributed by atoms with E-state index in [1.807, 2.05) is 0 Å². The maximum Gasteiger partial charge on any atom is 0.311 e. The number of likely N-dealkylation sites (tertiary alicyclic amines) is 1. The maximum atomic E-state index is 13.7. The number of nitrogens with zero attached hydrogens (tertiary/aromatic N) is 1. The summed E-state index contributed by atoms with van der Waals surface area (Å²) in [7, 11) is 0. The van der Waals surface area contributed by atoms with E-state index in [9.17, 15) is 9.18 Å². The summed E-state index contributed by atoms with van der Waals surface area (Å²) in [6.07, 6.45) is 6.96. The quantitative estimate of drug-likeness (QED) is 0.435. The summed E-state index contributed by atoms with van der Waals surface area (Å²) in [4.78, 5) is 14.8. The van der Waals surface area contributed by atoms with E-state index in [1.165, 1.54) is 5.57 Å². The zero-order chi connectivity index (χ0) is 17.6. The van der Waals surface area contributed by atoms with E-state index < -0.39 is 6.17 Å². The molecule has 1 aliphatic carbocycles. The Hall–Kier alpha value is -0.940. The van der Waals surface area contributed by atoms with Gasteiger partial charge in [-0.3, -0.25) is 9.69 Å². The van der Waals surface area contributed by atoms with Crippen LogP contribution in [-0.2, 0) is 14.3 Å². The van der Waals surface area contributed by atoms with Crippen molar-refractivity contribution in [3.05, 3.63) is 11.6 Å². The number of hydrogen-bond acceptors (Lipinski definition) is 4. The van der Waals surface area contributed by atoms with E-state index in [0.717, 1.165) is 38.6 Å². The minimum Gasteiger partial charge on any atom is -0.459 e. The van der Waals surface area contributed by atoms with Crippen LogP contribution in [0.3, 0.4) is 0 Å². The lowest BCUT2D eigenvalue weighted by atomic mass is 9.80. The average molecular weight is 351 g/mol. The molecule has 3 aliphatic heterocycles. The Morgan fingerprint density at radius 2 is 2.24 bits per heavy atom. The second kappa shape index (κ2) is 6.66. The van der Waals surface area contributed by atoms with E-state index >= 15 is 0 Å². The Morgan fingerprint density at radius 1 is 1.40 bits per heavy atom. The van der Waals surface area contributed by atoms with Crippen molar-refractivity contribution >= 4 is 5.97 Å². The number of carbonyl (C=O) groups is 1. The molecule has 0 spiro atoms. The number of allylic oxidation sites excluding steroid dienone is 2. The molecule has 0 N–H and O–H groups in total. The number of hydrogen-bond donors (Lipinski definition) is 0. The highest BCUT2D eigenvalue weighted by Crippen LogP contribution is 2.50. The lowest BCUT2D eigenvalue weighted by Gasteiger charge is -2.32. The van der Waals surface area contributed by atoms with Gasteiger partial charge in [0.25, 0.3) is 0 Å². The molecule has 5 heteroatoms. The van der Waals surface area contributed by atoms with Gasteiger partial charge >= 0.3 is 5.97 Å². The minimum absolute atomic E-state index is 0.0357. The van der Waals surface area contributed by atoms with Crippen LogP contribution in [0, 0.1) is 11.8 Å². The van der Waals surface area contributed by atoms with E-state index in [2.05, 4.69) is 24.8 Å². The molecule has 140 valence electrons. The van der Waals surface area contributed by atoms with Crippen LogP contribution >= 0.6 is 0 Å². The molecule has 1 unspecified atom stereocenters. The van der Waals surface area contributed by atoms with Crippen LogP contribution in [0.2, 0.25) is 0 Å². The van der Waals surface area contributed by atoms with Crippen molar-refractivity contribution in [3.63, 3.8) is 0 Å². The highest BCUT2D eigenvalue weighted by Gasteiger charge is 2.62. The molecule has 25 heavy (non-hydrogen) atoms. The highest BCUT2D eigenvalue weighted by molar-refractivity contribution is 5.75. The van der Waals surface area contributed by atoms with Gasteiger partial charge in [0.05, 0.1) is 11.5 Å². The van der Waals surface area contributed by atoms with Crippen LogP contribution in [0.1, 0.15) is 52.4 Å². The molecular weight excluding hydrogens is 321 g/mol. The first-order valence-corrected chi connectivity index (χ1v) is 9.87. The van der Waals surface area contributed by atoms with Crippen molar-refractivity contribution < 1.29 is 18.7 Å². The van der Waals surface area contributed by atoms with Crippen LogP contribution in [0.25, 0.3) is 0 Å². The molecule has 0 saturated carbocycles. The molecule has 0 amide bonds. The van der Waals surface area contributed by atoms with Gasteiger partial charge in [0.15, 0.2) is 0 Å². The number of piperidine rings is 1. The van der Waals surface area contributed by atoms with Crippen LogP contribution < -0.4 is 0 Å². The fraction of sp³-hybridized carbons (Fsp3) is 0.850. The Labute approximate surface area is 149 Å². The minimum atomic E-state index is -0.758. The number of ether oxygens (including phenoxy) is 2. The molecule has 0 aromatic heterocycles. The van der Waals surface area contributed by atoms with E-state index in [0.29, 0.717) is 19.5 Å². The van der Waals surface area contributed by atoms with Gasteiger partial charge in [-0.2, -0.15) is 0 Å². The fourth-order valence-corrected chi connectivity index (χ4v) is 4.99. The first-order valence-electron chi connectivity index (χ1n) is 9.87. The summed E-state index contributed by atoms with van der Waals surface area (Å²) in [6, 6.07) is 0. The van der Waals surface area contributed by atoms with E-state index in [4.69, 9.17) is 9.47 Å². The van der Waals surface area contributed by atoms with Crippen molar-refractivity contribution in [2.24, 2.45) is 11.8 Å². The second-order valence-corrected chi connectivity index (χ2v) is 8.65. The van der Waals surface area contributed by atoms with Crippen LogP contribution in [-0.4, -0.2) is 54.5 Å². The maximum absolute atomic E-state index is 13.7. The third-order valence-electron chi connectivity index (χ3n) is 6.64. The standard InChI is InChI=1S/C20H30FNO3/c1-13-5-3-9-20(2)18(25-20)17-15(8-7-13)16(19(23)24-17)12-22-10-4-6-14(21)11-22/h5,14-18H,3-4,6-12H2,1-2H3/t14?,15-,16-,17-,18-,20+/m0/s1. The molecule has 4 nitrogen and oxygen atoms in total. The third-order valence-corrected chi connectivity index (χ3v) is 6.64. The number of rotatable bonds is 2. The van der Waals surface area contributed by atoms with Gasteiger partial charge in [0.1, 0.15) is 18.4 Å². The van der Waals surface area contributed by atoms with Gasteiger partial charge in [-0.25, -0.2) is 4.39 Å². The summed E-state index contributed by atoms with van der Waals surface area (Å²) in [6.45, 7) is 6.29. The van der Waals surface area contributed by atoms with Gasteiger partial charge in [0.2, 0.25) is 0 Å². The van der Waals surface area contributed by atoms with Gasteiger partial charge in [-0.1, -0.05) is 11.6 Å². The Kier molecular flexibility index (Phi) is 4.65. The molecule has 4 aliphatic rings. The van der Waals surface area contributed by atoms with Crippen molar-refractivity contribution in [1.29, 1.82) is 0 Å². The average Bonchev–Trinajstić information content (AvgIpc) is 3.13. The largest absolute Gasteiger partial charge is 0.459 e. The summed E-state index contributed by atoms with van der Waals surface area (Å²) in [5.41, 5.74) is 1.24. The normalized spacial score (nSPS) is 45.2. The topological polar surface area (TPSA) is 42.1 Å². The molecule has 0 aromatic rings. The lowest BCUT2D eigenvalue weighted by Crippen LogP contribution is -2.42. The highest BCUT2D eigenvalue weighted by atomic mass is 19.1. The van der Waals surface area contributed by atoms with Crippen LogP contribution in [0.4, 0.5) is 4.39 Å².